The van der Waals surface area contributed by atoms with E-state index in [9.17, 15) is 0 Å². The van der Waals surface area contributed by atoms with Crippen LogP contribution in [0.25, 0.3) is 32.3 Å². The van der Waals surface area contributed by atoms with Crippen LogP contribution in [-0.2, 0) is 11.8 Å². The highest BCUT2D eigenvalue weighted by molar-refractivity contribution is 6.20. The maximum atomic E-state index is 6.18. The van der Waals surface area contributed by atoms with E-state index in [0.29, 0.717) is 11.8 Å². The average molecular weight is 325 g/mol. The molecule has 0 radical (unpaired) electrons. The van der Waals surface area contributed by atoms with Crippen molar-refractivity contribution >= 4 is 55.5 Å². The van der Waals surface area contributed by atoms with Crippen molar-refractivity contribution in [1.29, 1.82) is 0 Å². The van der Waals surface area contributed by atoms with Crippen LogP contribution in [0.5, 0.6) is 0 Å². The summed E-state index contributed by atoms with van der Waals surface area (Å²) in [6.45, 7) is 0. The van der Waals surface area contributed by atoms with Crippen molar-refractivity contribution < 1.29 is 0 Å². The topological polar surface area (TPSA) is 0 Å². The summed E-state index contributed by atoms with van der Waals surface area (Å²) < 4.78 is 0. The van der Waals surface area contributed by atoms with E-state index in [-0.39, 0.29) is 0 Å². The number of hydrogen-bond donors (Lipinski definition) is 0. The molecule has 0 aliphatic carbocycles. The molecule has 2 heteroatoms. The highest BCUT2D eigenvalue weighted by atomic mass is 35.5. The molecule has 22 heavy (non-hydrogen) atoms. The second-order valence-electron chi connectivity index (χ2n) is 5.59. The third-order valence-corrected chi connectivity index (χ3v) is 4.88. The summed E-state index contributed by atoms with van der Waals surface area (Å²) in [7, 11) is 0. The van der Waals surface area contributed by atoms with Gasteiger partial charge in [-0.25, -0.2) is 0 Å². The molecular weight excluding hydrogens is 311 g/mol. The Bertz CT molecular complexity index is 1000. The lowest BCUT2D eigenvalue weighted by atomic mass is 9.95. The number of alkyl halides is 2. The predicted octanol–water partition coefficient (Wildman–Crippen LogP) is 6.62. The van der Waals surface area contributed by atoms with Gasteiger partial charge in [0, 0.05) is 11.8 Å². The molecule has 0 atom stereocenters. The molecule has 0 aromatic heterocycles. The van der Waals surface area contributed by atoms with Gasteiger partial charge in [-0.15, -0.1) is 23.2 Å². The first-order valence-corrected chi connectivity index (χ1v) is 8.36. The van der Waals surface area contributed by atoms with Crippen molar-refractivity contribution in [3.8, 4) is 0 Å². The van der Waals surface area contributed by atoms with Crippen LogP contribution >= 0.6 is 23.2 Å². The second-order valence-corrected chi connectivity index (χ2v) is 6.12. The Balaban J connectivity index is 2.12. The van der Waals surface area contributed by atoms with Gasteiger partial charge >= 0.3 is 0 Å². The fourth-order valence-corrected chi connectivity index (χ4v) is 3.72. The highest BCUT2D eigenvalue weighted by Crippen LogP contribution is 2.31. The first-order valence-electron chi connectivity index (χ1n) is 7.29. The number of fused-ring (bicyclic) bond motifs is 3. The number of hydrogen-bond acceptors (Lipinski definition) is 0. The Morgan fingerprint density at radius 2 is 1.23 bits per heavy atom. The van der Waals surface area contributed by atoms with E-state index in [1.54, 1.807) is 0 Å². The molecule has 0 spiro atoms. The van der Waals surface area contributed by atoms with Gasteiger partial charge in [-0.1, -0.05) is 36.4 Å². The van der Waals surface area contributed by atoms with E-state index >= 15 is 0 Å². The van der Waals surface area contributed by atoms with Crippen LogP contribution in [0.2, 0.25) is 0 Å². The van der Waals surface area contributed by atoms with Gasteiger partial charge in [-0.2, -0.15) is 0 Å². The van der Waals surface area contributed by atoms with Crippen LogP contribution in [0.3, 0.4) is 0 Å². The van der Waals surface area contributed by atoms with Crippen LogP contribution in [0.4, 0.5) is 0 Å². The molecular formula is C20H14Cl2. The van der Waals surface area contributed by atoms with Gasteiger partial charge in [-0.3, -0.25) is 0 Å². The predicted molar refractivity (Wildman–Crippen MR) is 98.1 cm³/mol. The maximum Gasteiger partial charge on any atom is 0.0483 e. The zero-order valence-electron chi connectivity index (χ0n) is 11.9. The second kappa shape index (κ2) is 5.46. The standard InChI is InChI=1S/C20H14Cl2/c21-11-16-6-5-15-9-17-7-13-3-1-2-4-14(13)8-18(17)10-19(15)20(16)12-22/h1-10H,11-12H2. The maximum absolute atomic E-state index is 6.18. The summed E-state index contributed by atoms with van der Waals surface area (Å²) in [5.41, 5.74) is 2.26. The van der Waals surface area contributed by atoms with Crippen LogP contribution in [0.1, 0.15) is 11.1 Å². The molecule has 0 nitrogen and oxygen atoms in total. The third-order valence-electron chi connectivity index (χ3n) is 4.33. The van der Waals surface area contributed by atoms with Crippen molar-refractivity contribution in [2.24, 2.45) is 0 Å². The molecule has 0 aliphatic rings. The summed E-state index contributed by atoms with van der Waals surface area (Å²) in [4.78, 5) is 0. The Labute approximate surface area is 139 Å². The van der Waals surface area contributed by atoms with Gasteiger partial charge in [-0.05, 0) is 67.7 Å². The molecule has 0 fully saturated rings. The van der Waals surface area contributed by atoms with Gasteiger partial charge in [0.15, 0.2) is 0 Å². The highest BCUT2D eigenvalue weighted by Gasteiger charge is 2.08. The molecule has 0 saturated carbocycles. The van der Waals surface area contributed by atoms with Crippen molar-refractivity contribution in [3.05, 3.63) is 71.8 Å². The summed E-state index contributed by atoms with van der Waals surface area (Å²) in [5.74, 6) is 0.978. The monoisotopic (exact) mass is 324 g/mol. The van der Waals surface area contributed by atoms with E-state index in [0.717, 1.165) is 11.1 Å². The molecule has 4 rings (SSSR count). The Hall–Kier alpha value is -1.76. The van der Waals surface area contributed by atoms with Crippen LogP contribution < -0.4 is 0 Å². The quantitative estimate of drug-likeness (QED) is 0.287. The van der Waals surface area contributed by atoms with Crippen LogP contribution in [0.15, 0.2) is 60.7 Å². The van der Waals surface area contributed by atoms with Crippen LogP contribution in [-0.4, -0.2) is 0 Å². The molecule has 0 aliphatic heterocycles. The van der Waals surface area contributed by atoms with Gasteiger partial charge in [0.1, 0.15) is 0 Å². The van der Waals surface area contributed by atoms with Gasteiger partial charge in [0.25, 0.3) is 0 Å². The number of rotatable bonds is 2. The zero-order valence-corrected chi connectivity index (χ0v) is 13.5. The molecule has 4 aromatic carbocycles. The summed E-state index contributed by atoms with van der Waals surface area (Å²) in [6, 6.07) is 21.7. The van der Waals surface area contributed by atoms with Gasteiger partial charge in [0.05, 0.1) is 0 Å². The van der Waals surface area contributed by atoms with Crippen molar-refractivity contribution in [2.45, 2.75) is 11.8 Å². The Morgan fingerprint density at radius 1 is 0.591 bits per heavy atom. The fraction of sp³-hybridized carbons (Fsp3) is 0.100. The lowest BCUT2D eigenvalue weighted by Crippen LogP contribution is -1.91. The fourth-order valence-electron chi connectivity index (χ4n) is 3.16. The summed E-state index contributed by atoms with van der Waals surface area (Å²) in [5, 5.41) is 7.44. The van der Waals surface area contributed by atoms with E-state index in [2.05, 4.69) is 60.7 Å². The SMILES string of the molecule is ClCc1ccc2cc3cc4ccccc4cc3cc2c1CCl. The minimum Gasteiger partial charge on any atom is -0.122 e. The smallest absolute Gasteiger partial charge is 0.0483 e. The molecule has 0 heterocycles. The molecule has 0 saturated heterocycles. The third kappa shape index (κ3) is 2.15. The molecule has 0 N–H and O–H groups in total. The van der Waals surface area contributed by atoms with E-state index in [1.807, 2.05) is 0 Å². The van der Waals surface area contributed by atoms with Crippen LogP contribution in [0, 0.1) is 0 Å². The number of benzene rings is 4. The summed E-state index contributed by atoms with van der Waals surface area (Å²) >= 11 is 12.2. The largest absolute Gasteiger partial charge is 0.122 e. The normalized spacial score (nSPS) is 11.5. The van der Waals surface area contributed by atoms with E-state index < -0.39 is 0 Å². The Kier molecular flexibility index (Phi) is 3.44. The molecule has 0 amide bonds. The molecule has 0 bridgehead atoms. The van der Waals surface area contributed by atoms with E-state index in [4.69, 9.17) is 23.2 Å². The molecule has 0 unspecified atom stereocenters. The van der Waals surface area contributed by atoms with Gasteiger partial charge in [0.2, 0.25) is 0 Å². The zero-order chi connectivity index (χ0) is 15.1. The minimum absolute atomic E-state index is 0.485. The first-order chi connectivity index (χ1) is 10.8. The Morgan fingerprint density at radius 3 is 1.86 bits per heavy atom. The average Bonchev–Trinajstić information content (AvgIpc) is 2.57. The lowest BCUT2D eigenvalue weighted by molar-refractivity contribution is 1.30. The van der Waals surface area contributed by atoms with Crippen molar-refractivity contribution in [3.63, 3.8) is 0 Å². The van der Waals surface area contributed by atoms with Crippen molar-refractivity contribution in [2.75, 3.05) is 0 Å². The van der Waals surface area contributed by atoms with Crippen molar-refractivity contribution in [1.82, 2.24) is 0 Å². The van der Waals surface area contributed by atoms with E-state index in [1.165, 1.54) is 32.3 Å². The molecule has 4 aromatic rings. The lowest BCUT2D eigenvalue weighted by Gasteiger charge is -2.11. The summed E-state index contributed by atoms with van der Waals surface area (Å²) in [6.07, 6.45) is 0. The minimum atomic E-state index is 0.485. The van der Waals surface area contributed by atoms with Gasteiger partial charge < -0.3 is 0 Å². The number of halogens is 2. The first kappa shape index (κ1) is 13.9. The molecule has 108 valence electrons.